The largest absolute Gasteiger partial charge is 0.331 e. The van der Waals surface area contributed by atoms with E-state index in [1.807, 2.05) is 39.0 Å². The monoisotopic (exact) mass is 405 g/mol. The summed E-state index contributed by atoms with van der Waals surface area (Å²) in [5.41, 5.74) is 4.96. The summed E-state index contributed by atoms with van der Waals surface area (Å²) in [6.45, 7) is 6.01. The third kappa shape index (κ3) is 3.58. The number of hydrogen-bond acceptors (Lipinski definition) is 3. The molecule has 0 spiro atoms. The molecule has 156 valence electrons. The fourth-order valence-electron chi connectivity index (χ4n) is 4.52. The van der Waals surface area contributed by atoms with Crippen molar-refractivity contribution in [3.8, 4) is 5.69 Å². The van der Waals surface area contributed by atoms with Crippen LogP contribution in [0.2, 0.25) is 0 Å². The van der Waals surface area contributed by atoms with Crippen LogP contribution in [0.3, 0.4) is 0 Å². The van der Waals surface area contributed by atoms with E-state index >= 15 is 0 Å². The van der Waals surface area contributed by atoms with Gasteiger partial charge in [0.2, 0.25) is 0 Å². The number of carbonyl (C=O) groups excluding carboxylic acids is 3. The summed E-state index contributed by atoms with van der Waals surface area (Å²) in [6, 6.07) is 9.44. The number of nitrogens with zero attached hydrogens (tertiary/aromatic N) is 2. The zero-order valence-electron chi connectivity index (χ0n) is 17.7. The molecule has 6 nitrogen and oxygen atoms in total. The summed E-state index contributed by atoms with van der Waals surface area (Å²) in [7, 11) is 0. The van der Waals surface area contributed by atoms with Crippen molar-refractivity contribution in [2.45, 2.75) is 58.9 Å². The maximum atomic E-state index is 13.1. The lowest BCUT2D eigenvalue weighted by molar-refractivity contribution is -0.132. The number of nitrogens with one attached hydrogen (secondary N) is 1. The minimum absolute atomic E-state index is 0.0179. The molecule has 1 aromatic carbocycles. The van der Waals surface area contributed by atoms with E-state index in [0.29, 0.717) is 0 Å². The van der Waals surface area contributed by atoms with Crippen LogP contribution in [0.4, 0.5) is 4.79 Å². The van der Waals surface area contributed by atoms with Crippen LogP contribution in [-0.4, -0.2) is 33.4 Å². The third-order valence-electron chi connectivity index (χ3n) is 6.14. The number of hydrogen-bond donors (Lipinski definition) is 1. The molecule has 2 aliphatic rings. The second kappa shape index (κ2) is 7.94. The van der Waals surface area contributed by atoms with Gasteiger partial charge < -0.3 is 4.57 Å². The molecule has 4 rings (SSSR count). The van der Waals surface area contributed by atoms with Crippen LogP contribution >= 0.6 is 0 Å². The highest BCUT2D eigenvalue weighted by Crippen LogP contribution is 2.28. The molecule has 1 aromatic heterocycles. The minimum atomic E-state index is -0.628. The number of rotatable bonds is 3. The molecule has 1 saturated heterocycles. The molecule has 2 fully saturated rings. The van der Waals surface area contributed by atoms with Gasteiger partial charge in [-0.15, -0.1) is 0 Å². The lowest BCUT2D eigenvalue weighted by Gasteiger charge is -2.35. The molecule has 30 heavy (non-hydrogen) atoms. The number of carbonyl (C=O) groups is 3. The Labute approximate surface area is 176 Å². The third-order valence-corrected chi connectivity index (χ3v) is 6.14. The average molecular weight is 405 g/mol. The van der Waals surface area contributed by atoms with Gasteiger partial charge in [-0.2, -0.15) is 0 Å². The first-order chi connectivity index (χ1) is 14.4. The topological polar surface area (TPSA) is 71.4 Å². The van der Waals surface area contributed by atoms with Gasteiger partial charge in [-0.05, 0) is 63.5 Å². The SMILES string of the molecule is Cc1ccc(-n2c(C)cc(/C=C3/C(=O)NC(=O)N(C4CCCCC4)C3=O)c2C)cc1. The Hall–Kier alpha value is -3.15. The summed E-state index contributed by atoms with van der Waals surface area (Å²) in [5.74, 6) is -1.12. The van der Waals surface area contributed by atoms with E-state index in [1.54, 1.807) is 6.08 Å². The molecule has 0 atom stereocenters. The Balaban J connectivity index is 1.70. The molecular formula is C24H27N3O3. The van der Waals surface area contributed by atoms with E-state index < -0.39 is 17.8 Å². The van der Waals surface area contributed by atoms with E-state index in [9.17, 15) is 14.4 Å². The molecule has 4 amide bonds. The van der Waals surface area contributed by atoms with Gasteiger partial charge in [0.1, 0.15) is 5.57 Å². The lowest BCUT2D eigenvalue weighted by Crippen LogP contribution is -2.58. The number of barbiturate groups is 1. The molecule has 1 saturated carbocycles. The van der Waals surface area contributed by atoms with Crippen LogP contribution in [0.25, 0.3) is 11.8 Å². The zero-order chi connectivity index (χ0) is 21.4. The lowest BCUT2D eigenvalue weighted by atomic mass is 9.93. The normalized spacial score (nSPS) is 19.5. The first-order valence-corrected chi connectivity index (χ1v) is 10.5. The predicted molar refractivity (Wildman–Crippen MR) is 115 cm³/mol. The van der Waals surface area contributed by atoms with Gasteiger partial charge in [0.05, 0.1) is 0 Å². The molecule has 0 radical (unpaired) electrons. The first-order valence-electron chi connectivity index (χ1n) is 10.5. The van der Waals surface area contributed by atoms with Crippen LogP contribution < -0.4 is 5.32 Å². The average Bonchev–Trinajstić information content (AvgIpc) is 3.00. The molecule has 0 unspecified atom stereocenters. The van der Waals surface area contributed by atoms with Crippen molar-refractivity contribution < 1.29 is 14.4 Å². The van der Waals surface area contributed by atoms with Crippen LogP contribution in [0.5, 0.6) is 0 Å². The molecule has 2 heterocycles. The number of benzene rings is 1. The Morgan fingerprint density at radius 2 is 1.63 bits per heavy atom. The maximum Gasteiger partial charge on any atom is 0.331 e. The summed E-state index contributed by atoms with van der Waals surface area (Å²) in [5, 5.41) is 2.36. The van der Waals surface area contributed by atoms with Crippen LogP contribution in [0, 0.1) is 20.8 Å². The van der Waals surface area contributed by atoms with Gasteiger partial charge in [-0.25, -0.2) is 4.79 Å². The van der Waals surface area contributed by atoms with Crippen molar-refractivity contribution in [1.82, 2.24) is 14.8 Å². The number of urea groups is 1. The molecule has 2 aromatic rings. The van der Waals surface area contributed by atoms with Crippen molar-refractivity contribution >= 4 is 23.9 Å². The Morgan fingerprint density at radius 3 is 2.30 bits per heavy atom. The Bertz CT molecular complexity index is 1040. The highest BCUT2D eigenvalue weighted by atomic mass is 16.2. The van der Waals surface area contributed by atoms with E-state index in [-0.39, 0.29) is 11.6 Å². The summed E-state index contributed by atoms with van der Waals surface area (Å²) in [4.78, 5) is 39.3. The second-order valence-electron chi connectivity index (χ2n) is 8.28. The van der Waals surface area contributed by atoms with E-state index in [0.717, 1.165) is 54.7 Å². The van der Waals surface area contributed by atoms with E-state index in [1.165, 1.54) is 10.5 Å². The van der Waals surface area contributed by atoms with Gasteiger partial charge in [-0.1, -0.05) is 37.0 Å². The number of amides is 4. The number of aromatic nitrogens is 1. The highest BCUT2D eigenvalue weighted by molar-refractivity contribution is 6.31. The van der Waals surface area contributed by atoms with Crippen LogP contribution in [0.1, 0.15) is 54.6 Å². The van der Waals surface area contributed by atoms with Crippen molar-refractivity contribution in [2.24, 2.45) is 0 Å². The molecule has 1 N–H and O–H groups in total. The molecule has 1 aliphatic heterocycles. The molecule has 6 heteroatoms. The van der Waals surface area contributed by atoms with E-state index in [4.69, 9.17) is 0 Å². The van der Waals surface area contributed by atoms with Gasteiger partial charge >= 0.3 is 6.03 Å². The van der Waals surface area contributed by atoms with Crippen LogP contribution in [-0.2, 0) is 9.59 Å². The highest BCUT2D eigenvalue weighted by Gasteiger charge is 2.40. The van der Waals surface area contributed by atoms with Crippen molar-refractivity contribution in [3.63, 3.8) is 0 Å². The van der Waals surface area contributed by atoms with E-state index in [2.05, 4.69) is 22.0 Å². The van der Waals surface area contributed by atoms with Gasteiger partial charge in [0, 0.05) is 23.1 Å². The van der Waals surface area contributed by atoms with Crippen molar-refractivity contribution in [1.29, 1.82) is 0 Å². The van der Waals surface area contributed by atoms with Crippen LogP contribution in [0.15, 0.2) is 35.9 Å². The second-order valence-corrected chi connectivity index (χ2v) is 8.28. The smallest absolute Gasteiger partial charge is 0.318 e. The fraction of sp³-hybridized carbons (Fsp3) is 0.375. The summed E-state index contributed by atoms with van der Waals surface area (Å²) < 4.78 is 2.10. The van der Waals surface area contributed by atoms with Gasteiger partial charge in [-0.3, -0.25) is 19.8 Å². The summed E-state index contributed by atoms with van der Waals surface area (Å²) >= 11 is 0. The number of aryl methyl sites for hydroxylation is 2. The Kier molecular flexibility index (Phi) is 5.33. The summed E-state index contributed by atoms with van der Waals surface area (Å²) in [6.07, 6.45) is 6.31. The van der Waals surface area contributed by atoms with Gasteiger partial charge in [0.25, 0.3) is 11.8 Å². The quantitative estimate of drug-likeness (QED) is 0.615. The molecule has 1 aliphatic carbocycles. The number of imide groups is 2. The predicted octanol–water partition coefficient (Wildman–Crippen LogP) is 4.20. The molecular weight excluding hydrogens is 378 g/mol. The first kappa shape index (κ1) is 20.1. The fourth-order valence-corrected chi connectivity index (χ4v) is 4.52. The molecule has 0 bridgehead atoms. The van der Waals surface area contributed by atoms with Crippen molar-refractivity contribution in [3.05, 3.63) is 58.4 Å². The zero-order valence-corrected chi connectivity index (χ0v) is 17.7. The Morgan fingerprint density at radius 1 is 0.967 bits per heavy atom. The minimum Gasteiger partial charge on any atom is -0.318 e. The van der Waals surface area contributed by atoms with Gasteiger partial charge in [0.15, 0.2) is 0 Å². The maximum absolute atomic E-state index is 13.1. The standard InChI is InChI=1S/C24H27N3O3/c1-15-9-11-20(12-10-15)26-16(2)13-18(17(26)3)14-21-22(28)25-24(30)27(23(21)29)19-7-5-4-6-8-19/h9-14,19H,4-8H2,1-3H3,(H,25,28,30)/b21-14-. The van der Waals surface area contributed by atoms with Crippen molar-refractivity contribution in [2.75, 3.05) is 0 Å².